The molecule has 0 heterocycles. The predicted molar refractivity (Wildman–Crippen MR) is 119 cm³/mol. The van der Waals surface area contributed by atoms with Gasteiger partial charge in [-0.15, -0.1) is 0 Å². The maximum absolute atomic E-state index is 12.3. The first-order valence-corrected chi connectivity index (χ1v) is 12.7. The Kier molecular flexibility index (Phi) is 14.7. The number of carbonyl (C=O) groups excluding carboxylic acids is 1. The standard InChI is InChI=1S/C24H41OS/c1-3-5-6-7-8-9-10-11-12-13-14-18-21-26(4-2)22-24(25)23-19-16-15-17-20-23/h15-17,19-20H,3-14,18,21-22H2,1-2H3/q+1. The highest BCUT2D eigenvalue weighted by Gasteiger charge is 2.20. The lowest BCUT2D eigenvalue weighted by Gasteiger charge is -2.07. The van der Waals surface area contributed by atoms with E-state index in [1.807, 2.05) is 30.3 Å². The van der Waals surface area contributed by atoms with Crippen molar-refractivity contribution < 1.29 is 4.79 Å². The van der Waals surface area contributed by atoms with Gasteiger partial charge in [-0.25, -0.2) is 0 Å². The first kappa shape index (κ1) is 23.3. The van der Waals surface area contributed by atoms with Crippen LogP contribution >= 0.6 is 0 Å². The number of benzene rings is 1. The van der Waals surface area contributed by atoms with Crippen LogP contribution in [0.5, 0.6) is 0 Å². The van der Waals surface area contributed by atoms with Crippen LogP contribution in [0.1, 0.15) is 101 Å². The van der Waals surface area contributed by atoms with Crippen molar-refractivity contribution in [3.8, 4) is 0 Å². The molecule has 0 saturated carbocycles. The molecule has 1 rings (SSSR count). The van der Waals surface area contributed by atoms with Gasteiger partial charge in [0, 0.05) is 5.56 Å². The molecule has 0 aliphatic rings. The molecule has 0 saturated heterocycles. The highest BCUT2D eigenvalue weighted by molar-refractivity contribution is 7.97. The Balaban J connectivity index is 1.98. The van der Waals surface area contributed by atoms with Gasteiger partial charge in [-0.1, -0.05) is 101 Å². The molecule has 1 nitrogen and oxygen atoms in total. The summed E-state index contributed by atoms with van der Waals surface area (Å²) < 4.78 is 0. The van der Waals surface area contributed by atoms with Crippen LogP contribution in [0.25, 0.3) is 0 Å². The van der Waals surface area contributed by atoms with Gasteiger partial charge in [0.25, 0.3) is 0 Å². The number of carbonyl (C=O) groups is 1. The summed E-state index contributed by atoms with van der Waals surface area (Å²) in [5, 5.41) is 0. The first-order chi connectivity index (χ1) is 12.8. The van der Waals surface area contributed by atoms with Crippen molar-refractivity contribution in [3.05, 3.63) is 35.9 Å². The second-order valence-electron chi connectivity index (χ2n) is 7.43. The molecule has 1 atom stereocenters. The topological polar surface area (TPSA) is 17.1 Å². The fourth-order valence-corrected chi connectivity index (χ4v) is 5.15. The van der Waals surface area contributed by atoms with Crippen LogP contribution in [0.15, 0.2) is 30.3 Å². The summed E-state index contributed by atoms with van der Waals surface area (Å²) in [6.07, 6.45) is 16.8. The average molecular weight is 378 g/mol. The Labute approximate surface area is 165 Å². The van der Waals surface area contributed by atoms with Gasteiger partial charge in [0.15, 0.2) is 5.75 Å². The normalized spacial score (nSPS) is 12.2. The lowest BCUT2D eigenvalue weighted by molar-refractivity contribution is 0.102. The molecule has 0 bridgehead atoms. The molecule has 0 N–H and O–H groups in total. The van der Waals surface area contributed by atoms with Crippen molar-refractivity contribution in [2.45, 2.75) is 90.9 Å². The highest BCUT2D eigenvalue weighted by Crippen LogP contribution is 2.13. The summed E-state index contributed by atoms with van der Waals surface area (Å²) in [5.74, 6) is 3.47. The van der Waals surface area contributed by atoms with Crippen LogP contribution in [0.2, 0.25) is 0 Å². The van der Waals surface area contributed by atoms with Crippen LogP contribution in [-0.4, -0.2) is 23.0 Å². The van der Waals surface area contributed by atoms with E-state index in [4.69, 9.17) is 0 Å². The van der Waals surface area contributed by atoms with Gasteiger partial charge < -0.3 is 0 Å². The van der Waals surface area contributed by atoms with Crippen molar-refractivity contribution >= 4 is 16.7 Å². The van der Waals surface area contributed by atoms with Crippen molar-refractivity contribution in [2.24, 2.45) is 0 Å². The van der Waals surface area contributed by atoms with Crippen LogP contribution in [0.3, 0.4) is 0 Å². The van der Waals surface area contributed by atoms with Gasteiger partial charge in [-0.05, 0) is 30.7 Å². The Bertz CT molecular complexity index is 443. The zero-order chi connectivity index (χ0) is 18.9. The second-order valence-corrected chi connectivity index (χ2v) is 9.93. The van der Waals surface area contributed by atoms with Gasteiger partial charge in [-0.2, -0.15) is 0 Å². The van der Waals surface area contributed by atoms with E-state index in [0.29, 0.717) is 5.78 Å². The molecule has 2 heteroatoms. The van der Waals surface area contributed by atoms with Crippen molar-refractivity contribution in [2.75, 3.05) is 17.3 Å². The molecule has 1 aromatic rings. The maximum Gasteiger partial charge on any atom is 0.211 e. The molecular formula is C24H41OS+. The van der Waals surface area contributed by atoms with E-state index in [0.717, 1.165) is 17.1 Å². The van der Waals surface area contributed by atoms with Gasteiger partial charge in [0.1, 0.15) is 11.5 Å². The Morgan fingerprint density at radius 2 is 1.23 bits per heavy atom. The Morgan fingerprint density at radius 3 is 1.73 bits per heavy atom. The number of Topliss-reactive ketones (excluding diaryl/α,β-unsaturated/α-hetero) is 1. The molecule has 1 aromatic carbocycles. The molecule has 0 fully saturated rings. The number of unbranched alkanes of at least 4 members (excludes halogenated alkanes) is 11. The van der Waals surface area contributed by atoms with E-state index in [9.17, 15) is 4.79 Å². The molecule has 0 amide bonds. The average Bonchev–Trinajstić information content (AvgIpc) is 2.68. The molecule has 1 unspecified atom stereocenters. The molecule has 0 aliphatic heterocycles. The van der Waals surface area contributed by atoms with Crippen molar-refractivity contribution in [3.63, 3.8) is 0 Å². The predicted octanol–water partition coefficient (Wildman–Crippen LogP) is 7.21. The number of hydrogen-bond donors (Lipinski definition) is 0. The molecule has 148 valence electrons. The summed E-state index contributed by atoms with van der Waals surface area (Å²) >= 11 is 0. The minimum Gasteiger partial charge on any atom is -0.289 e. The third kappa shape index (κ3) is 11.8. The van der Waals surface area contributed by atoms with E-state index in [2.05, 4.69) is 13.8 Å². The minimum atomic E-state index is 0.274. The smallest absolute Gasteiger partial charge is 0.211 e. The zero-order valence-electron chi connectivity index (χ0n) is 17.3. The summed E-state index contributed by atoms with van der Waals surface area (Å²) in [5.41, 5.74) is 0.883. The summed E-state index contributed by atoms with van der Waals surface area (Å²) in [6.45, 7) is 4.52. The SMILES string of the molecule is CCCCCCCCCCCCCC[S+](CC)CC(=O)c1ccccc1. The fraction of sp³-hybridized carbons (Fsp3) is 0.708. The Morgan fingerprint density at radius 1 is 0.731 bits per heavy atom. The molecule has 0 radical (unpaired) electrons. The first-order valence-electron chi connectivity index (χ1n) is 11.0. The third-order valence-corrected chi connectivity index (χ3v) is 7.48. The van der Waals surface area contributed by atoms with Crippen molar-refractivity contribution in [1.82, 2.24) is 0 Å². The summed E-state index contributed by atoms with van der Waals surface area (Å²) in [4.78, 5) is 12.3. The summed E-state index contributed by atoms with van der Waals surface area (Å²) in [7, 11) is 0.274. The third-order valence-electron chi connectivity index (χ3n) is 5.13. The number of hydrogen-bond acceptors (Lipinski definition) is 1. The maximum atomic E-state index is 12.3. The molecule has 0 aliphatic carbocycles. The lowest BCUT2D eigenvalue weighted by Crippen LogP contribution is -2.21. The van der Waals surface area contributed by atoms with Gasteiger partial charge >= 0.3 is 0 Å². The van der Waals surface area contributed by atoms with E-state index in [1.54, 1.807) is 0 Å². The van der Waals surface area contributed by atoms with Crippen LogP contribution in [-0.2, 0) is 10.9 Å². The second kappa shape index (κ2) is 16.4. The van der Waals surface area contributed by atoms with Crippen LogP contribution < -0.4 is 0 Å². The van der Waals surface area contributed by atoms with Crippen molar-refractivity contribution in [1.29, 1.82) is 0 Å². The minimum absolute atomic E-state index is 0.274. The number of ketones is 1. The zero-order valence-corrected chi connectivity index (χ0v) is 18.1. The van der Waals surface area contributed by atoms with E-state index in [-0.39, 0.29) is 10.9 Å². The lowest BCUT2D eigenvalue weighted by atomic mass is 10.1. The van der Waals surface area contributed by atoms with Crippen LogP contribution in [0, 0.1) is 0 Å². The molecule has 0 aromatic heterocycles. The fourth-order valence-electron chi connectivity index (χ4n) is 3.36. The van der Waals surface area contributed by atoms with E-state index >= 15 is 0 Å². The van der Waals surface area contributed by atoms with E-state index in [1.165, 1.54) is 82.8 Å². The van der Waals surface area contributed by atoms with Gasteiger partial charge in [0.05, 0.1) is 0 Å². The largest absolute Gasteiger partial charge is 0.289 e. The van der Waals surface area contributed by atoms with E-state index < -0.39 is 0 Å². The summed E-state index contributed by atoms with van der Waals surface area (Å²) in [6, 6.07) is 9.79. The highest BCUT2D eigenvalue weighted by atomic mass is 32.2. The number of rotatable bonds is 17. The molecule has 0 spiro atoms. The quantitative estimate of drug-likeness (QED) is 0.159. The monoisotopic (exact) mass is 377 g/mol. The Hall–Kier alpha value is -0.760. The van der Waals surface area contributed by atoms with Gasteiger partial charge in [0.2, 0.25) is 5.78 Å². The molecule has 26 heavy (non-hydrogen) atoms. The molecular weight excluding hydrogens is 336 g/mol. The van der Waals surface area contributed by atoms with Crippen LogP contribution in [0.4, 0.5) is 0 Å². The van der Waals surface area contributed by atoms with Gasteiger partial charge in [-0.3, -0.25) is 4.79 Å².